The average molecular weight is 183 g/mol. The molecule has 0 aromatic carbocycles. The summed E-state index contributed by atoms with van der Waals surface area (Å²) < 4.78 is 0. The molecule has 4 nitrogen and oxygen atoms in total. The van der Waals surface area contributed by atoms with E-state index in [4.69, 9.17) is 10.6 Å². The van der Waals surface area contributed by atoms with Gasteiger partial charge in [0, 0.05) is 19.3 Å². The fourth-order valence-electron chi connectivity index (χ4n) is 0.691. The van der Waals surface area contributed by atoms with Gasteiger partial charge in [0.15, 0.2) is 0 Å². The first-order chi connectivity index (χ1) is 6.22. The van der Waals surface area contributed by atoms with E-state index in [9.17, 15) is 0 Å². The van der Waals surface area contributed by atoms with Gasteiger partial charge in [-0.15, -0.1) is 0 Å². The summed E-state index contributed by atoms with van der Waals surface area (Å²) >= 11 is 0. The normalized spacial score (nSPS) is 15.2. The Bertz CT molecular complexity index is 209. The van der Waals surface area contributed by atoms with Crippen molar-refractivity contribution in [1.29, 1.82) is 0 Å². The molecule has 0 aliphatic rings. The Morgan fingerprint density at radius 1 is 1.62 bits per heavy atom. The van der Waals surface area contributed by atoms with E-state index in [1.165, 1.54) is 6.26 Å². The molecule has 1 unspecified atom stereocenters. The zero-order chi connectivity index (χ0) is 10.1. The molecule has 0 bridgehead atoms. The maximum Gasteiger partial charge on any atom is 0.120 e. The number of oxime groups is 1. The molecule has 0 aromatic rings. The standard InChI is InChI=1S/C9H17N3O/c1-4-12-13-6-5-9(10)8(2)7-11-3/h4-7,9,11H,10H2,1-3H3/b6-5+,8-7+,12-4+. The first-order valence-electron chi connectivity index (χ1n) is 4.12. The van der Waals surface area contributed by atoms with E-state index >= 15 is 0 Å². The molecule has 0 amide bonds. The van der Waals surface area contributed by atoms with Crippen molar-refractivity contribution in [2.45, 2.75) is 19.9 Å². The van der Waals surface area contributed by atoms with Gasteiger partial charge in [-0.25, -0.2) is 0 Å². The maximum absolute atomic E-state index is 5.76. The summed E-state index contributed by atoms with van der Waals surface area (Å²) in [5.41, 5.74) is 6.79. The van der Waals surface area contributed by atoms with Gasteiger partial charge in [0.2, 0.25) is 0 Å². The van der Waals surface area contributed by atoms with Crippen LogP contribution in [0.3, 0.4) is 0 Å². The Balaban J connectivity index is 3.91. The van der Waals surface area contributed by atoms with Gasteiger partial charge < -0.3 is 15.9 Å². The van der Waals surface area contributed by atoms with Crippen molar-refractivity contribution in [3.05, 3.63) is 24.1 Å². The highest BCUT2D eigenvalue weighted by atomic mass is 16.6. The third-order valence-electron chi connectivity index (χ3n) is 1.41. The van der Waals surface area contributed by atoms with Crippen LogP contribution in [0.2, 0.25) is 0 Å². The molecule has 0 fully saturated rings. The summed E-state index contributed by atoms with van der Waals surface area (Å²) in [4.78, 5) is 4.74. The SMILES string of the molecule is C/C=N/O/C=C/C(N)/C(C)=C/NC. The molecule has 1 atom stereocenters. The topological polar surface area (TPSA) is 59.6 Å². The summed E-state index contributed by atoms with van der Waals surface area (Å²) in [7, 11) is 1.83. The number of nitrogens with two attached hydrogens (primary N) is 1. The highest BCUT2D eigenvalue weighted by molar-refractivity contribution is 5.52. The van der Waals surface area contributed by atoms with E-state index in [-0.39, 0.29) is 6.04 Å². The van der Waals surface area contributed by atoms with Crippen molar-refractivity contribution in [2.24, 2.45) is 10.9 Å². The molecule has 0 radical (unpaired) electrons. The van der Waals surface area contributed by atoms with Crippen LogP contribution < -0.4 is 11.1 Å². The van der Waals surface area contributed by atoms with Gasteiger partial charge in [-0.2, -0.15) is 0 Å². The van der Waals surface area contributed by atoms with E-state index in [1.54, 1.807) is 19.2 Å². The summed E-state index contributed by atoms with van der Waals surface area (Å²) in [6.45, 7) is 3.72. The van der Waals surface area contributed by atoms with Gasteiger partial charge in [-0.1, -0.05) is 5.16 Å². The molecule has 74 valence electrons. The van der Waals surface area contributed by atoms with Crippen molar-refractivity contribution in [3.63, 3.8) is 0 Å². The van der Waals surface area contributed by atoms with Crippen LogP contribution in [0.4, 0.5) is 0 Å². The largest absolute Gasteiger partial charge is 0.394 e. The van der Waals surface area contributed by atoms with Gasteiger partial charge in [-0.3, -0.25) is 0 Å². The minimum Gasteiger partial charge on any atom is -0.394 e. The van der Waals surface area contributed by atoms with Crippen LogP contribution in [0.1, 0.15) is 13.8 Å². The fourth-order valence-corrected chi connectivity index (χ4v) is 0.691. The summed E-state index contributed by atoms with van der Waals surface area (Å²) in [6.07, 6.45) is 6.61. The van der Waals surface area contributed by atoms with E-state index in [1.807, 2.05) is 20.2 Å². The number of nitrogens with one attached hydrogen (secondary N) is 1. The molecule has 0 spiro atoms. The third kappa shape index (κ3) is 5.93. The number of rotatable bonds is 5. The molecular weight excluding hydrogens is 166 g/mol. The maximum atomic E-state index is 5.76. The van der Waals surface area contributed by atoms with Crippen molar-refractivity contribution >= 4 is 6.21 Å². The van der Waals surface area contributed by atoms with E-state index < -0.39 is 0 Å². The molecule has 3 N–H and O–H groups in total. The lowest BCUT2D eigenvalue weighted by atomic mass is 10.1. The summed E-state index contributed by atoms with van der Waals surface area (Å²) in [5.74, 6) is 0. The van der Waals surface area contributed by atoms with E-state index in [2.05, 4.69) is 10.5 Å². The summed E-state index contributed by atoms with van der Waals surface area (Å²) in [5, 5.41) is 6.45. The number of hydrogen-bond acceptors (Lipinski definition) is 4. The van der Waals surface area contributed by atoms with Gasteiger partial charge in [0.25, 0.3) is 0 Å². The van der Waals surface area contributed by atoms with Crippen LogP contribution >= 0.6 is 0 Å². The second-order valence-electron chi connectivity index (χ2n) is 2.50. The lowest BCUT2D eigenvalue weighted by molar-refractivity contribution is 0.268. The Kier molecular flexibility index (Phi) is 6.63. The molecule has 0 saturated heterocycles. The monoisotopic (exact) mass is 183 g/mol. The molecule has 0 aromatic heterocycles. The Labute approximate surface area is 79.1 Å². The van der Waals surface area contributed by atoms with Crippen molar-refractivity contribution < 1.29 is 4.84 Å². The predicted octanol–water partition coefficient (Wildman–Crippen LogP) is 0.973. The van der Waals surface area contributed by atoms with Crippen molar-refractivity contribution in [2.75, 3.05) is 7.05 Å². The molecule has 0 heterocycles. The lowest BCUT2D eigenvalue weighted by Gasteiger charge is -2.05. The van der Waals surface area contributed by atoms with Crippen LogP contribution in [-0.4, -0.2) is 19.3 Å². The highest BCUT2D eigenvalue weighted by Gasteiger charge is 1.97. The van der Waals surface area contributed by atoms with Gasteiger partial charge in [-0.05, 0) is 31.7 Å². The number of nitrogens with zero attached hydrogens (tertiary/aromatic N) is 1. The van der Waals surface area contributed by atoms with Crippen LogP contribution in [0.15, 0.2) is 29.3 Å². The molecule has 4 heteroatoms. The molecular formula is C9H17N3O. The Morgan fingerprint density at radius 3 is 2.85 bits per heavy atom. The first-order valence-corrected chi connectivity index (χ1v) is 4.12. The second kappa shape index (κ2) is 7.36. The molecule has 0 rings (SSSR count). The second-order valence-corrected chi connectivity index (χ2v) is 2.50. The van der Waals surface area contributed by atoms with Gasteiger partial charge in [0.05, 0.1) is 0 Å². The van der Waals surface area contributed by atoms with Crippen LogP contribution in [0.5, 0.6) is 0 Å². The minimum atomic E-state index is -0.139. The van der Waals surface area contributed by atoms with E-state index in [0.29, 0.717) is 0 Å². The number of hydrogen-bond donors (Lipinski definition) is 2. The minimum absolute atomic E-state index is 0.139. The van der Waals surface area contributed by atoms with Crippen LogP contribution in [0.25, 0.3) is 0 Å². The van der Waals surface area contributed by atoms with Crippen molar-refractivity contribution in [3.8, 4) is 0 Å². The molecule has 0 saturated carbocycles. The first kappa shape index (κ1) is 11.7. The quantitative estimate of drug-likeness (QED) is 0.379. The zero-order valence-electron chi connectivity index (χ0n) is 8.32. The smallest absolute Gasteiger partial charge is 0.120 e. The third-order valence-corrected chi connectivity index (χ3v) is 1.41. The van der Waals surface area contributed by atoms with Crippen LogP contribution in [-0.2, 0) is 4.84 Å². The van der Waals surface area contributed by atoms with Crippen LogP contribution in [0, 0.1) is 0 Å². The fraction of sp³-hybridized carbons (Fsp3) is 0.444. The van der Waals surface area contributed by atoms with Gasteiger partial charge >= 0.3 is 0 Å². The molecule has 13 heavy (non-hydrogen) atoms. The van der Waals surface area contributed by atoms with E-state index in [0.717, 1.165) is 5.57 Å². The molecule has 0 aliphatic carbocycles. The highest BCUT2D eigenvalue weighted by Crippen LogP contribution is 1.98. The zero-order valence-corrected chi connectivity index (χ0v) is 8.32. The average Bonchev–Trinajstić information content (AvgIpc) is 2.12. The Morgan fingerprint density at radius 2 is 2.31 bits per heavy atom. The molecule has 0 aliphatic heterocycles. The lowest BCUT2D eigenvalue weighted by Crippen LogP contribution is -2.19. The Hall–Kier alpha value is -1.29. The summed E-state index contributed by atoms with van der Waals surface area (Å²) in [6, 6.07) is -0.139. The predicted molar refractivity (Wildman–Crippen MR) is 55.2 cm³/mol. The van der Waals surface area contributed by atoms with Gasteiger partial charge in [0.1, 0.15) is 6.26 Å². The van der Waals surface area contributed by atoms with Crippen molar-refractivity contribution in [1.82, 2.24) is 5.32 Å².